The maximum atomic E-state index is 13.4. The van der Waals surface area contributed by atoms with Crippen LogP contribution in [-0.2, 0) is 15.8 Å². The average Bonchev–Trinajstić information content (AvgIpc) is 2.64. The predicted molar refractivity (Wildman–Crippen MR) is 98.9 cm³/mol. The van der Waals surface area contributed by atoms with Gasteiger partial charge in [-0.25, -0.2) is 4.39 Å². The van der Waals surface area contributed by atoms with Gasteiger partial charge in [-0.15, -0.1) is 0 Å². The standard InChI is InChI=1S/C19H18ClF4N3O2/c1-10-8-27(11(2)13-4-3-12(21)5-14(13)19(22,23)24)17(29)9-26(10)15-6-25-7-16(28)18(15)20/h3-6,10-11H,7-9H2,1-2H3/t10-,11+/m1/s1. The fourth-order valence-electron chi connectivity index (χ4n) is 3.56. The van der Waals surface area contributed by atoms with E-state index in [1.165, 1.54) is 18.0 Å². The van der Waals surface area contributed by atoms with Crippen LogP contribution >= 0.6 is 11.6 Å². The molecule has 0 aromatic heterocycles. The summed E-state index contributed by atoms with van der Waals surface area (Å²) in [5, 5.41) is -0.0148. The van der Waals surface area contributed by atoms with Crippen LogP contribution in [0.5, 0.6) is 0 Å². The Kier molecular flexibility index (Phi) is 5.71. The Bertz CT molecular complexity index is 913. The molecule has 3 rings (SSSR count). The van der Waals surface area contributed by atoms with Gasteiger partial charge in [0.2, 0.25) is 5.91 Å². The highest BCUT2D eigenvalue weighted by atomic mass is 35.5. The van der Waals surface area contributed by atoms with Gasteiger partial charge in [-0.05, 0) is 31.5 Å². The summed E-state index contributed by atoms with van der Waals surface area (Å²) < 4.78 is 53.5. The van der Waals surface area contributed by atoms with Gasteiger partial charge in [0.15, 0.2) is 5.78 Å². The second-order valence-electron chi connectivity index (χ2n) is 7.02. The highest BCUT2D eigenvalue weighted by molar-refractivity contribution is 6.44. The molecule has 0 N–H and O–H groups in total. The summed E-state index contributed by atoms with van der Waals surface area (Å²) in [4.78, 5) is 31.4. The zero-order valence-electron chi connectivity index (χ0n) is 15.6. The molecule has 5 nitrogen and oxygen atoms in total. The lowest BCUT2D eigenvalue weighted by Gasteiger charge is -2.44. The number of amides is 1. The van der Waals surface area contributed by atoms with Gasteiger partial charge in [0.25, 0.3) is 0 Å². The van der Waals surface area contributed by atoms with Crippen LogP contribution in [0.15, 0.2) is 33.9 Å². The summed E-state index contributed by atoms with van der Waals surface area (Å²) in [5.41, 5.74) is -0.961. The summed E-state index contributed by atoms with van der Waals surface area (Å²) in [7, 11) is 0. The van der Waals surface area contributed by atoms with Crippen LogP contribution in [-0.4, -0.2) is 53.4 Å². The number of carbonyl (C=O) groups excluding carboxylic acids is 2. The van der Waals surface area contributed by atoms with Crippen molar-refractivity contribution < 1.29 is 27.2 Å². The molecule has 10 heteroatoms. The molecule has 1 fully saturated rings. The molecular weight excluding hydrogens is 414 g/mol. The summed E-state index contributed by atoms with van der Waals surface area (Å²) in [5.74, 6) is -1.79. The molecule has 2 aliphatic heterocycles. The van der Waals surface area contributed by atoms with E-state index in [2.05, 4.69) is 4.99 Å². The van der Waals surface area contributed by atoms with Crippen LogP contribution in [0.4, 0.5) is 17.6 Å². The Labute approximate surface area is 169 Å². The molecule has 0 saturated carbocycles. The molecule has 1 aromatic carbocycles. The molecule has 0 radical (unpaired) electrons. The van der Waals surface area contributed by atoms with E-state index in [1.807, 2.05) is 0 Å². The predicted octanol–water partition coefficient (Wildman–Crippen LogP) is 3.54. The lowest BCUT2D eigenvalue weighted by Crippen LogP contribution is -2.55. The van der Waals surface area contributed by atoms with Gasteiger partial charge in [0.1, 0.15) is 17.4 Å². The van der Waals surface area contributed by atoms with Gasteiger partial charge in [0, 0.05) is 18.8 Å². The second kappa shape index (κ2) is 7.78. The van der Waals surface area contributed by atoms with Gasteiger partial charge in [-0.1, -0.05) is 17.7 Å². The van der Waals surface area contributed by atoms with Crippen molar-refractivity contribution in [1.29, 1.82) is 0 Å². The van der Waals surface area contributed by atoms with Crippen LogP contribution in [0.1, 0.15) is 31.0 Å². The first-order valence-corrected chi connectivity index (χ1v) is 9.24. The number of hydrogen-bond donors (Lipinski definition) is 0. The normalized spacial score (nSPS) is 21.8. The Balaban J connectivity index is 1.88. The summed E-state index contributed by atoms with van der Waals surface area (Å²) >= 11 is 6.07. The zero-order chi connectivity index (χ0) is 21.5. The monoisotopic (exact) mass is 431 g/mol. The van der Waals surface area contributed by atoms with Crippen LogP contribution < -0.4 is 0 Å². The first-order chi connectivity index (χ1) is 13.5. The number of piperazine rings is 1. The molecule has 0 unspecified atom stereocenters. The number of ketones is 1. The van der Waals surface area contributed by atoms with E-state index in [4.69, 9.17) is 11.6 Å². The third-order valence-corrected chi connectivity index (χ3v) is 5.49. The van der Waals surface area contributed by atoms with E-state index in [1.54, 1.807) is 11.8 Å². The van der Waals surface area contributed by atoms with E-state index in [-0.39, 0.29) is 42.1 Å². The lowest BCUT2D eigenvalue weighted by molar-refractivity contribution is -0.143. The fraction of sp³-hybridized carbons (Fsp3) is 0.421. The van der Waals surface area contributed by atoms with Gasteiger partial charge >= 0.3 is 6.18 Å². The molecule has 1 saturated heterocycles. The van der Waals surface area contributed by atoms with Gasteiger partial charge in [-0.3, -0.25) is 14.6 Å². The minimum absolute atomic E-state index is 0.0148. The molecule has 2 aliphatic rings. The third kappa shape index (κ3) is 4.14. The Morgan fingerprint density at radius 3 is 2.62 bits per heavy atom. The molecule has 0 aliphatic carbocycles. The van der Waals surface area contributed by atoms with Crippen LogP contribution in [0, 0.1) is 5.82 Å². The lowest BCUT2D eigenvalue weighted by atomic mass is 9.97. The molecule has 1 aromatic rings. The van der Waals surface area contributed by atoms with Gasteiger partial charge < -0.3 is 9.80 Å². The minimum atomic E-state index is -4.75. The van der Waals surface area contributed by atoms with Gasteiger partial charge in [-0.2, -0.15) is 13.2 Å². The molecule has 2 atom stereocenters. The third-order valence-electron chi connectivity index (χ3n) is 5.08. The van der Waals surface area contributed by atoms with E-state index in [0.29, 0.717) is 11.8 Å². The topological polar surface area (TPSA) is 53.0 Å². The first-order valence-electron chi connectivity index (χ1n) is 8.86. The molecular formula is C19H18ClF4N3O2. The number of alkyl halides is 3. The number of halogens is 5. The molecule has 0 spiro atoms. The second-order valence-corrected chi connectivity index (χ2v) is 7.40. The fourth-order valence-corrected chi connectivity index (χ4v) is 3.78. The van der Waals surface area contributed by atoms with Crippen LogP contribution in [0.25, 0.3) is 0 Å². The van der Waals surface area contributed by atoms with Crippen molar-refractivity contribution in [1.82, 2.24) is 9.80 Å². The number of benzene rings is 1. The number of aliphatic imine (C=N–C) groups is 1. The maximum absolute atomic E-state index is 13.4. The van der Waals surface area contributed by atoms with Crippen molar-refractivity contribution in [3.63, 3.8) is 0 Å². The number of hydrogen-bond acceptors (Lipinski definition) is 4. The summed E-state index contributed by atoms with van der Waals surface area (Å²) in [6, 6.07) is 1.19. The van der Waals surface area contributed by atoms with Crippen LogP contribution in [0.2, 0.25) is 0 Å². The number of Topliss-reactive ketones (excluding diaryl/α,β-unsaturated/α-hetero) is 1. The highest BCUT2D eigenvalue weighted by Gasteiger charge is 2.39. The van der Waals surface area contributed by atoms with Crippen molar-refractivity contribution in [2.45, 2.75) is 32.1 Å². The van der Waals surface area contributed by atoms with Crippen molar-refractivity contribution >= 4 is 29.5 Å². The number of allylic oxidation sites excluding steroid dienone is 1. The van der Waals surface area contributed by atoms with E-state index >= 15 is 0 Å². The van der Waals surface area contributed by atoms with E-state index < -0.39 is 29.5 Å². The Hall–Kier alpha value is -2.42. The number of carbonyl (C=O) groups is 2. The number of rotatable bonds is 3. The average molecular weight is 432 g/mol. The van der Waals surface area contributed by atoms with Crippen molar-refractivity contribution in [2.24, 2.45) is 4.99 Å². The molecule has 156 valence electrons. The SMILES string of the molecule is C[C@@H]1CN([C@@H](C)c2ccc(F)cc2C(F)(F)F)C(=O)CN1C1=C(Cl)C(=O)CN=C1. The highest BCUT2D eigenvalue weighted by Crippen LogP contribution is 2.37. The molecule has 1 amide bonds. The maximum Gasteiger partial charge on any atom is 0.416 e. The van der Waals surface area contributed by atoms with E-state index in [9.17, 15) is 27.2 Å². The quantitative estimate of drug-likeness (QED) is 0.688. The summed E-state index contributed by atoms with van der Waals surface area (Å²) in [6.45, 7) is 3.11. The minimum Gasteiger partial charge on any atom is -0.355 e. The van der Waals surface area contributed by atoms with Crippen LogP contribution in [0.3, 0.4) is 0 Å². The van der Waals surface area contributed by atoms with E-state index in [0.717, 1.165) is 12.1 Å². The van der Waals surface area contributed by atoms with Crippen molar-refractivity contribution in [3.05, 3.63) is 45.9 Å². The summed E-state index contributed by atoms with van der Waals surface area (Å²) in [6.07, 6.45) is -3.33. The molecule has 2 heterocycles. The van der Waals surface area contributed by atoms with Crippen molar-refractivity contribution in [3.8, 4) is 0 Å². The Morgan fingerprint density at radius 1 is 1.28 bits per heavy atom. The van der Waals surface area contributed by atoms with Gasteiger partial charge in [0.05, 0.1) is 23.8 Å². The largest absolute Gasteiger partial charge is 0.416 e. The zero-order valence-corrected chi connectivity index (χ0v) is 16.4. The van der Waals surface area contributed by atoms with Crippen molar-refractivity contribution in [2.75, 3.05) is 19.6 Å². The Morgan fingerprint density at radius 2 is 1.97 bits per heavy atom. The smallest absolute Gasteiger partial charge is 0.355 e. The molecule has 0 bridgehead atoms. The first kappa shape index (κ1) is 21.3. The number of nitrogens with zero attached hydrogens (tertiary/aromatic N) is 3. The number of dihydropyridines is 1. The molecule has 29 heavy (non-hydrogen) atoms.